The van der Waals surface area contributed by atoms with E-state index in [1.165, 1.54) is 0 Å². The number of nitrogens with two attached hydrogens (primary N) is 1. The van der Waals surface area contributed by atoms with E-state index in [0.29, 0.717) is 19.1 Å². The van der Waals surface area contributed by atoms with Crippen molar-refractivity contribution in [3.63, 3.8) is 0 Å². The van der Waals surface area contributed by atoms with Crippen molar-refractivity contribution in [1.29, 1.82) is 0 Å². The summed E-state index contributed by atoms with van der Waals surface area (Å²) in [5, 5.41) is 4.38. The molecule has 7 heteroatoms. The van der Waals surface area contributed by atoms with Crippen LogP contribution >= 0.6 is 0 Å². The lowest BCUT2D eigenvalue weighted by Crippen LogP contribution is -2.37. The minimum atomic E-state index is -0.320. The molecule has 1 aliphatic rings. The molecule has 0 radical (unpaired) electrons. The van der Waals surface area contributed by atoms with Gasteiger partial charge in [-0.2, -0.15) is 5.10 Å². The van der Waals surface area contributed by atoms with Gasteiger partial charge in [0, 0.05) is 27.2 Å². The average Bonchev–Trinajstić information content (AvgIpc) is 3.02. The number of imidazole rings is 1. The van der Waals surface area contributed by atoms with E-state index < -0.39 is 0 Å². The van der Waals surface area contributed by atoms with Gasteiger partial charge in [0.25, 0.3) is 0 Å². The first kappa shape index (κ1) is 12.4. The SMILES string of the molecule is COC1(Cn2c(N)nc3c(C)nn(C)c32)CCOC1. The Hall–Kier alpha value is -1.60. The smallest absolute Gasteiger partial charge is 0.202 e. The molecule has 1 aliphatic heterocycles. The zero-order valence-electron chi connectivity index (χ0n) is 11.5. The number of nitrogen functional groups attached to an aromatic ring is 1. The lowest BCUT2D eigenvalue weighted by Gasteiger charge is -2.26. The van der Waals surface area contributed by atoms with E-state index in [0.717, 1.165) is 29.9 Å². The normalized spacial score (nSPS) is 23.5. The Morgan fingerprint density at radius 3 is 2.95 bits per heavy atom. The van der Waals surface area contributed by atoms with Gasteiger partial charge in [0.2, 0.25) is 5.95 Å². The summed E-state index contributed by atoms with van der Waals surface area (Å²) in [6.07, 6.45) is 0.861. The highest BCUT2D eigenvalue weighted by Gasteiger charge is 2.36. The number of hydrogen-bond acceptors (Lipinski definition) is 5. The van der Waals surface area contributed by atoms with E-state index >= 15 is 0 Å². The molecule has 19 heavy (non-hydrogen) atoms. The summed E-state index contributed by atoms with van der Waals surface area (Å²) in [6, 6.07) is 0. The van der Waals surface area contributed by atoms with Crippen molar-refractivity contribution in [1.82, 2.24) is 19.3 Å². The Labute approximate surface area is 111 Å². The minimum absolute atomic E-state index is 0.320. The van der Waals surface area contributed by atoms with Gasteiger partial charge in [0.15, 0.2) is 5.65 Å². The molecule has 1 atom stereocenters. The fraction of sp³-hybridized carbons (Fsp3) is 0.667. The van der Waals surface area contributed by atoms with Gasteiger partial charge in [-0.15, -0.1) is 0 Å². The van der Waals surface area contributed by atoms with Crippen LogP contribution < -0.4 is 5.73 Å². The number of rotatable bonds is 3. The maximum Gasteiger partial charge on any atom is 0.202 e. The van der Waals surface area contributed by atoms with E-state index in [-0.39, 0.29) is 5.60 Å². The minimum Gasteiger partial charge on any atom is -0.378 e. The summed E-state index contributed by atoms with van der Waals surface area (Å²) in [7, 11) is 3.62. The van der Waals surface area contributed by atoms with Crippen LogP contribution in [0.5, 0.6) is 0 Å². The van der Waals surface area contributed by atoms with Crippen molar-refractivity contribution in [2.24, 2.45) is 7.05 Å². The molecule has 0 bridgehead atoms. The topological polar surface area (TPSA) is 80.1 Å². The number of aromatic nitrogens is 4. The molecule has 0 aromatic carbocycles. The van der Waals surface area contributed by atoms with Gasteiger partial charge in [-0.05, 0) is 6.92 Å². The largest absolute Gasteiger partial charge is 0.378 e. The van der Waals surface area contributed by atoms with E-state index in [4.69, 9.17) is 15.2 Å². The maximum atomic E-state index is 6.04. The third-order valence-electron chi connectivity index (χ3n) is 3.87. The molecule has 1 fully saturated rings. The number of aryl methyl sites for hydroxylation is 2. The van der Waals surface area contributed by atoms with Crippen LogP contribution in [0.2, 0.25) is 0 Å². The molecule has 1 saturated heterocycles. The summed E-state index contributed by atoms with van der Waals surface area (Å²) in [6.45, 7) is 3.87. The Bertz CT molecular complexity index is 609. The number of ether oxygens (including phenoxy) is 2. The molecule has 0 aliphatic carbocycles. The zero-order valence-corrected chi connectivity index (χ0v) is 11.5. The van der Waals surface area contributed by atoms with E-state index in [2.05, 4.69) is 10.1 Å². The number of anilines is 1. The first-order valence-electron chi connectivity index (χ1n) is 6.34. The van der Waals surface area contributed by atoms with Crippen LogP contribution in [0.1, 0.15) is 12.1 Å². The first-order chi connectivity index (χ1) is 9.06. The molecule has 2 aromatic rings. The summed E-state index contributed by atoms with van der Waals surface area (Å²) in [5.74, 6) is 0.495. The summed E-state index contributed by atoms with van der Waals surface area (Å²) >= 11 is 0. The Morgan fingerprint density at radius 1 is 1.53 bits per heavy atom. The number of hydrogen-bond donors (Lipinski definition) is 1. The zero-order chi connectivity index (χ0) is 13.6. The molecule has 1 unspecified atom stereocenters. The fourth-order valence-electron chi connectivity index (χ4n) is 2.73. The van der Waals surface area contributed by atoms with Gasteiger partial charge in [-0.1, -0.05) is 0 Å². The Balaban J connectivity index is 2.07. The van der Waals surface area contributed by atoms with E-state index in [1.807, 2.05) is 23.2 Å². The molecule has 7 nitrogen and oxygen atoms in total. The summed E-state index contributed by atoms with van der Waals surface area (Å²) < 4.78 is 14.9. The highest BCUT2D eigenvalue weighted by Crippen LogP contribution is 2.28. The van der Waals surface area contributed by atoms with Crippen molar-refractivity contribution < 1.29 is 9.47 Å². The summed E-state index contributed by atoms with van der Waals surface area (Å²) in [4.78, 5) is 4.40. The Kier molecular flexibility index (Phi) is 2.75. The van der Waals surface area contributed by atoms with Crippen LogP contribution in [0.4, 0.5) is 5.95 Å². The standard InChI is InChI=1S/C12H19N5O2/c1-8-9-10(16(2)15-8)17(11(13)14-9)6-12(18-3)4-5-19-7-12/h4-7H2,1-3H3,(H2,13,14). The molecule has 104 valence electrons. The van der Waals surface area contributed by atoms with E-state index in [1.54, 1.807) is 7.11 Å². The van der Waals surface area contributed by atoms with Crippen LogP contribution in [0.3, 0.4) is 0 Å². The lowest BCUT2D eigenvalue weighted by molar-refractivity contribution is -0.0285. The molecule has 2 N–H and O–H groups in total. The molecule has 0 spiro atoms. The van der Waals surface area contributed by atoms with Crippen LogP contribution in [0.15, 0.2) is 0 Å². The van der Waals surface area contributed by atoms with Gasteiger partial charge in [0.1, 0.15) is 11.1 Å². The molecule has 3 heterocycles. The predicted octanol–water partition coefficient (Wildman–Crippen LogP) is 0.466. The van der Waals surface area contributed by atoms with Crippen molar-refractivity contribution in [3.05, 3.63) is 5.69 Å². The monoisotopic (exact) mass is 265 g/mol. The van der Waals surface area contributed by atoms with Crippen LogP contribution in [0.25, 0.3) is 11.2 Å². The van der Waals surface area contributed by atoms with Gasteiger partial charge in [-0.25, -0.2) is 4.98 Å². The predicted molar refractivity (Wildman–Crippen MR) is 70.8 cm³/mol. The maximum absolute atomic E-state index is 6.04. The number of methoxy groups -OCH3 is 1. The Morgan fingerprint density at radius 2 is 2.32 bits per heavy atom. The highest BCUT2D eigenvalue weighted by molar-refractivity contribution is 5.77. The van der Waals surface area contributed by atoms with Gasteiger partial charge in [0.05, 0.1) is 18.8 Å². The van der Waals surface area contributed by atoms with Gasteiger partial charge >= 0.3 is 0 Å². The molecule has 3 rings (SSSR count). The number of fused-ring (bicyclic) bond motifs is 1. The van der Waals surface area contributed by atoms with Crippen molar-refractivity contribution in [3.8, 4) is 0 Å². The third-order valence-corrected chi connectivity index (χ3v) is 3.87. The quantitative estimate of drug-likeness (QED) is 0.872. The molecule has 0 saturated carbocycles. The van der Waals surface area contributed by atoms with Crippen molar-refractivity contribution in [2.45, 2.75) is 25.5 Å². The molecule has 0 amide bonds. The van der Waals surface area contributed by atoms with Crippen LogP contribution in [-0.4, -0.2) is 45.3 Å². The molecule has 2 aromatic heterocycles. The second kappa shape index (κ2) is 4.21. The summed E-state index contributed by atoms with van der Waals surface area (Å²) in [5.41, 5.74) is 8.39. The molecular weight excluding hydrogens is 246 g/mol. The average molecular weight is 265 g/mol. The van der Waals surface area contributed by atoms with Crippen LogP contribution in [-0.2, 0) is 23.1 Å². The van der Waals surface area contributed by atoms with Crippen molar-refractivity contribution in [2.75, 3.05) is 26.1 Å². The first-order valence-corrected chi connectivity index (χ1v) is 6.34. The van der Waals surface area contributed by atoms with Gasteiger partial charge < -0.3 is 15.2 Å². The second-order valence-electron chi connectivity index (χ2n) is 5.13. The third kappa shape index (κ3) is 1.81. The fourth-order valence-corrected chi connectivity index (χ4v) is 2.73. The van der Waals surface area contributed by atoms with Gasteiger partial charge in [-0.3, -0.25) is 9.25 Å². The second-order valence-corrected chi connectivity index (χ2v) is 5.13. The van der Waals surface area contributed by atoms with Crippen LogP contribution in [0, 0.1) is 6.92 Å². The van der Waals surface area contributed by atoms with Crippen molar-refractivity contribution >= 4 is 17.1 Å². The van der Waals surface area contributed by atoms with E-state index in [9.17, 15) is 0 Å². The number of nitrogens with zero attached hydrogens (tertiary/aromatic N) is 4. The lowest BCUT2D eigenvalue weighted by atomic mass is 10.0. The highest BCUT2D eigenvalue weighted by atomic mass is 16.5. The molecular formula is C12H19N5O2.